The summed E-state index contributed by atoms with van der Waals surface area (Å²) in [6, 6.07) is 8.10. The van der Waals surface area contributed by atoms with Crippen molar-refractivity contribution in [2.24, 2.45) is 5.41 Å². The Morgan fingerprint density at radius 2 is 1.91 bits per heavy atom. The Balaban J connectivity index is 0.00000264. The molecule has 0 bridgehead atoms. The van der Waals surface area contributed by atoms with Crippen LogP contribution in [0.15, 0.2) is 24.3 Å². The first-order chi connectivity index (χ1) is 10.7. The first-order valence-corrected chi connectivity index (χ1v) is 7.75. The zero-order valence-electron chi connectivity index (χ0n) is 13.9. The molecule has 23 heavy (non-hydrogen) atoms. The quantitative estimate of drug-likeness (QED) is 0.794. The van der Waals surface area contributed by atoms with E-state index in [1.807, 2.05) is 18.2 Å². The summed E-state index contributed by atoms with van der Waals surface area (Å²) < 4.78 is 10.4. The highest BCUT2D eigenvalue weighted by atomic mass is 35.5. The standard InChI is InChI=1S/C17H26N2O3.ClH/c1-21-12-15-5-3-4-14(10-15)11-19-16(20)17(13-22-2)6-8-18-9-7-17;/h3-5,10,18H,6-9,11-13H2,1-2H3,(H,19,20);1H. The van der Waals surface area contributed by atoms with Crippen LogP contribution < -0.4 is 10.6 Å². The smallest absolute Gasteiger partial charge is 0.228 e. The Morgan fingerprint density at radius 3 is 2.57 bits per heavy atom. The lowest BCUT2D eigenvalue weighted by molar-refractivity contribution is -0.136. The predicted molar refractivity (Wildman–Crippen MR) is 92.7 cm³/mol. The maximum Gasteiger partial charge on any atom is 0.228 e. The summed E-state index contributed by atoms with van der Waals surface area (Å²) in [7, 11) is 3.34. The van der Waals surface area contributed by atoms with Crippen LogP contribution in [0.2, 0.25) is 0 Å². The Kier molecular flexibility index (Phi) is 8.55. The van der Waals surface area contributed by atoms with Gasteiger partial charge in [0, 0.05) is 20.8 Å². The van der Waals surface area contributed by atoms with Gasteiger partial charge in [-0.2, -0.15) is 0 Å². The molecule has 0 spiro atoms. The fourth-order valence-corrected chi connectivity index (χ4v) is 2.98. The van der Waals surface area contributed by atoms with Gasteiger partial charge in [-0.25, -0.2) is 0 Å². The molecule has 1 heterocycles. The minimum absolute atomic E-state index is 0. The van der Waals surface area contributed by atoms with E-state index in [2.05, 4.69) is 16.7 Å². The molecule has 0 unspecified atom stereocenters. The molecule has 2 N–H and O–H groups in total. The van der Waals surface area contributed by atoms with Crippen molar-refractivity contribution in [1.82, 2.24) is 10.6 Å². The number of carbonyl (C=O) groups is 1. The second-order valence-corrected chi connectivity index (χ2v) is 5.90. The van der Waals surface area contributed by atoms with Crippen molar-refractivity contribution in [3.8, 4) is 0 Å². The fraction of sp³-hybridized carbons (Fsp3) is 0.588. The van der Waals surface area contributed by atoms with Crippen LogP contribution in [0.1, 0.15) is 24.0 Å². The van der Waals surface area contributed by atoms with Crippen LogP contribution in [0, 0.1) is 5.41 Å². The maximum atomic E-state index is 12.7. The summed E-state index contributed by atoms with van der Waals surface area (Å²) in [4.78, 5) is 12.7. The molecule has 2 rings (SSSR count). The molecule has 1 aliphatic heterocycles. The third-order valence-electron chi connectivity index (χ3n) is 4.22. The van der Waals surface area contributed by atoms with Crippen molar-refractivity contribution in [3.05, 3.63) is 35.4 Å². The molecule has 1 aromatic rings. The van der Waals surface area contributed by atoms with Gasteiger partial charge in [0.15, 0.2) is 0 Å². The van der Waals surface area contributed by atoms with E-state index >= 15 is 0 Å². The highest BCUT2D eigenvalue weighted by molar-refractivity contribution is 5.85. The number of benzene rings is 1. The molecule has 0 atom stereocenters. The van der Waals surface area contributed by atoms with Gasteiger partial charge in [0.1, 0.15) is 0 Å². The Morgan fingerprint density at radius 1 is 1.22 bits per heavy atom. The summed E-state index contributed by atoms with van der Waals surface area (Å²) in [5, 5.41) is 6.37. The Labute approximate surface area is 144 Å². The average Bonchev–Trinajstić information content (AvgIpc) is 2.54. The maximum absolute atomic E-state index is 12.7. The molecule has 0 radical (unpaired) electrons. The lowest BCUT2D eigenvalue weighted by atomic mass is 9.78. The number of hydrogen-bond donors (Lipinski definition) is 2. The van der Waals surface area contributed by atoms with E-state index in [0.29, 0.717) is 19.8 Å². The molecule has 1 aliphatic rings. The highest BCUT2D eigenvalue weighted by Gasteiger charge is 2.39. The zero-order chi connectivity index (χ0) is 15.8. The Hall–Kier alpha value is -1.14. The third kappa shape index (κ3) is 5.46. The van der Waals surface area contributed by atoms with Crippen LogP contribution in [0.25, 0.3) is 0 Å². The van der Waals surface area contributed by atoms with Crippen LogP contribution in [0.5, 0.6) is 0 Å². The third-order valence-corrected chi connectivity index (χ3v) is 4.22. The zero-order valence-corrected chi connectivity index (χ0v) is 14.7. The van der Waals surface area contributed by atoms with Gasteiger partial charge in [-0.05, 0) is 37.1 Å². The van der Waals surface area contributed by atoms with Gasteiger partial charge >= 0.3 is 0 Å². The number of piperidine rings is 1. The fourth-order valence-electron chi connectivity index (χ4n) is 2.98. The number of hydrogen-bond acceptors (Lipinski definition) is 4. The molecule has 130 valence electrons. The first kappa shape index (κ1) is 19.9. The lowest BCUT2D eigenvalue weighted by Crippen LogP contribution is -2.49. The normalized spacial score (nSPS) is 16.4. The minimum Gasteiger partial charge on any atom is -0.384 e. The van der Waals surface area contributed by atoms with E-state index in [1.54, 1.807) is 14.2 Å². The summed E-state index contributed by atoms with van der Waals surface area (Å²) in [5.41, 5.74) is 1.80. The molecular weight excluding hydrogens is 316 g/mol. The molecule has 1 saturated heterocycles. The van der Waals surface area contributed by atoms with Gasteiger partial charge < -0.3 is 20.1 Å². The minimum atomic E-state index is -0.399. The van der Waals surface area contributed by atoms with E-state index in [-0.39, 0.29) is 18.3 Å². The van der Waals surface area contributed by atoms with Crippen molar-refractivity contribution in [2.75, 3.05) is 33.9 Å². The van der Waals surface area contributed by atoms with Gasteiger partial charge in [0.25, 0.3) is 0 Å². The summed E-state index contributed by atoms with van der Waals surface area (Å²) in [6.07, 6.45) is 1.63. The second kappa shape index (κ2) is 9.88. The number of ether oxygens (including phenoxy) is 2. The van der Waals surface area contributed by atoms with Crippen molar-refractivity contribution in [3.63, 3.8) is 0 Å². The van der Waals surface area contributed by atoms with Crippen LogP contribution in [-0.2, 0) is 27.4 Å². The van der Waals surface area contributed by atoms with Gasteiger partial charge in [-0.1, -0.05) is 24.3 Å². The van der Waals surface area contributed by atoms with E-state index in [0.717, 1.165) is 37.1 Å². The lowest BCUT2D eigenvalue weighted by Gasteiger charge is -2.35. The van der Waals surface area contributed by atoms with Gasteiger partial charge in [-0.15, -0.1) is 12.4 Å². The van der Waals surface area contributed by atoms with E-state index in [9.17, 15) is 4.79 Å². The first-order valence-electron chi connectivity index (χ1n) is 7.75. The average molecular weight is 343 g/mol. The number of rotatable bonds is 7. The summed E-state index contributed by atoms with van der Waals surface area (Å²) in [6.45, 7) is 3.32. The number of nitrogens with one attached hydrogen (secondary N) is 2. The largest absolute Gasteiger partial charge is 0.384 e. The predicted octanol–water partition coefficient (Wildman–Crippen LogP) is 1.89. The number of halogens is 1. The molecule has 6 heteroatoms. The number of carbonyl (C=O) groups excluding carboxylic acids is 1. The van der Waals surface area contributed by atoms with Crippen molar-refractivity contribution >= 4 is 18.3 Å². The van der Waals surface area contributed by atoms with Crippen molar-refractivity contribution < 1.29 is 14.3 Å². The van der Waals surface area contributed by atoms with Gasteiger partial charge in [0.05, 0.1) is 18.6 Å². The van der Waals surface area contributed by atoms with Crippen molar-refractivity contribution in [1.29, 1.82) is 0 Å². The van der Waals surface area contributed by atoms with Gasteiger partial charge in [-0.3, -0.25) is 4.79 Å². The topological polar surface area (TPSA) is 59.6 Å². The molecule has 5 nitrogen and oxygen atoms in total. The van der Waals surface area contributed by atoms with Crippen LogP contribution in [0.3, 0.4) is 0 Å². The highest BCUT2D eigenvalue weighted by Crippen LogP contribution is 2.29. The number of methoxy groups -OCH3 is 2. The summed E-state index contributed by atoms with van der Waals surface area (Å²) in [5.74, 6) is 0.0907. The molecule has 0 aromatic heterocycles. The van der Waals surface area contributed by atoms with Crippen LogP contribution >= 0.6 is 12.4 Å². The van der Waals surface area contributed by atoms with E-state index in [4.69, 9.17) is 9.47 Å². The number of amides is 1. The van der Waals surface area contributed by atoms with E-state index in [1.165, 1.54) is 0 Å². The molecule has 1 aromatic carbocycles. The van der Waals surface area contributed by atoms with Crippen LogP contribution in [-0.4, -0.2) is 39.8 Å². The Bertz CT molecular complexity index is 485. The van der Waals surface area contributed by atoms with Crippen molar-refractivity contribution in [2.45, 2.75) is 26.0 Å². The molecule has 1 amide bonds. The second-order valence-electron chi connectivity index (χ2n) is 5.90. The SMILES string of the molecule is COCc1cccc(CNC(=O)C2(COC)CCNCC2)c1.Cl. The summed E-state index contributed by atoms with van der Waals surface area (Å²) >= 11 is 0. The van der Waals surface area contributed by atoms with Crippen LogP contribution in [0.4, 0.5) is 0 Å². The molecule has 0 aliphatic carbocycles. The molecule has 1 fully saturated rings. The van der Waals surface area contributed by atoms with E-state index < -0.39 is 5.41 Å². The van der Waals surface area contributed by atoms with Gasteiger partial charge in [0.2, 0.25) is 5.91 Å². The monoisotopic (exact) mass is 342 g/mol. The molecule has 0 saturated carbocycles. The molecular formula is C17H27ClN2O3.